The number of rotatable bonds is 5. The summed E-state index contributed by atoms with van der Waals surface area (Å²) in [5.41, 5.74) is 2.07. The third-order valence-electron chi connectivity index (χ3n) is 4.56. The van der Waals surface area contributed by atoms with E-state index in [9.17, 15) is 14.0 Å². The second kappa shape index (κ2) is 7.65. The van der Waals surface area contributed by atoms with E-state index in [1.807, 2.05) is 0 Å². The molecule has 0 aliphatic carbocycles. The van der Waals surface area contributed by atoms with Gasteiger partial charge in [-0.3, -0.25) is 4.90 Å². The Labute approximate surface area is 146 Å². The molecule has 25 heavy (non-hydrogen) atoms. The SMILES string of the molecule is CCOC(=O)C1=C(CN2CCCC2c2ccc(F)cc2)NC(=O)NC1. The Bertz CT molecular complexity index is 687. The van der Waals surface area contributed by atoms with Gasteiger partial charge in [-0.2, -0.15) is 0 Å². The van der Waals surface area contributed by atoms with Gasteiger partial charge in [0.1, 0.15) is 5.82 Å². The zero-order valence-electron chi connectivity index (χ0n) is 14.2. The average Bonchev–Trinajstić information content (AvgIpc) is 3.04. The lowest BCUT2D eigenvalue weighted by atomic mass is 10.0. The Morgan fingerprint density at radius 3 is 2.84 bits per heavy atom. The molecule has 1 unspecified atom stereocenters. The van der Waals surface area contributed by atoms with Crippen LogP contribution in [0.5, 0.6) is 0 Å². The highest BCUT2D eigenvalue weighted by atomic mass is 19.1. The highest BCUT2D eigenvalue weighted by Gasteiger charge is 2.30. The second-order valence-electron chi connectivity index (χ2n) is 6.17. The molecular formula is C18H22FN3O3. The summed E-state index contributed by atoms with van der Waals surface area (Å²) in [4.78, 5) is 26.0. The Balaban J connectivity index is 1.80. The van der Waals surface area contributed by atoms with Crippen molar-refractivity contribution in [2.24, 2.45) is 0 Å². The summed E-state index contributed by atoms with van der Waals surface area (Å²) >= 11 is 0. The first-order valence-corrected chi connectivity index (χ1v) is 8.52. The monoisotopic (exact) mass is 347 g/mol. The summed E-state index contributed by atoms with van der Waals surface area (Å²) in [7, 11) is 0. The number of halogens is 1. The lowest BCUT2D eigenvalue weighted by molar-refractivity contribution is -0.138. The largest absolute Gasteiger partial charge is 0.463 e. The van der Waals surface area contributed by atoms with Crippen LogP contribution in [0.1, 0.15) is 31.4 Å². The van der Waals surface area contributed by atoms with Crippen LogP contribution in [0.4, 0.5) is 9.18 Å². The van der Waals surface area contributed by atoms with Crippen LogP contribution in [-0.4, -0.2) is 43.1 Å². The summed E-state index contributed by atoms with van der Waals surface area (Å²) in [6.45, 7) is 3.49. The van der Waals surface area contributed by atoms with Gasteiger partial charge >= 0.3 is 12.0 Å². The molecule has 0 spiro atoms. The fourth-order valence-electron chi connectivity index (χ4n) is 3.36. The number of hydrogen-bond acceptors (Lipinski definition) is 4. The molecule has 0 saturated carbocycles. The molecule has 2 N–H and O–H groups in total. The molecule has 1 aromatic carbocycles. The average molecular weight is 347 g/mol. The van der Waals surface area contributed by atoms with Crippen LogP contribution in [0, 0.1) is 5.82 Å². The van der Waals surface area contributed by atoms with Gasteiger partial charge in [-0.1, -0.05) is 12.1 Å². The smallest absolute Gasteiger partial charge is 0.337 e. The standard InChI is InChI=1S/C18H22FN3O3/c1-2-25-17(23)14-10-20-18(24)21-15(14)11-22-9-3-4-16(22)12-5-7-13(19)8-6-12/h5-8,16H,2-4,9-11H2,1H3,(H2,20,21,24). The van der Waals surface area contributed by atoms with Gasteiger partial charge < -0.3 is 15.4 Å². The van der Waals surface area contributed by atoms with Gasteiger partial charge in [0.25, 0.3) is 0 Å². The van der Waals surface area contributed by atoms with Crippen LogP contribution >= 0.6 is 0 Å². The number of ether oxygens (including phenoxy) is 1. The van der Waals surface area contributed by atoms with Gasteiger partial charge in [0.05, 0.1) is 18.7 Å². The van der Waals surface area contributed by atoms with E-state index < -0.39 is 5.97 Å². The van der Waals surface area contributed by atoms with E-state index in [0.29, 0.717) is 17.8 Å². The Morgan fingerprint density at radius 2 is 2.12 bits per heavy atom. The van der Waals surface area contributed by atoms with Gasteiger partial charge in [-0.05, 0) is 44.0 Å². The van der Waals surface area contributed by atoms with E-state index in [-0.39, 0.29) is 31.0 Å². The number of carbonyl (C=O) groups is 2. The molecule has 6 nitrogen and oxygen atoms in total. The van der Waals surface area contributed by atoms with Crippen LogP contribution in [-0.2, 0) is 9.53 Å². The molecule has 134 valence electrons. The predicted octanol–water partition coefficient (Wildman–Crippen LogP) is 2.09. The van der Waals surface area contributed by atoms with E-state index in [1.54, 1.807) is 19.1 Å². The minimum Gasteiger partial charge on any atom is -0.463 e. The van der Waals surface area contributed by atoms with Gasteiger partial charge in [0, 0.05) is 18.3 Å². The topological polar surface area (TPSA) is 70.7 Å². The summed E-state index contributed by atoms with van der Waals surface area (Å²) in [6.07, 6.45) is 1.97. The van der Waals surface area contributed by atoms with Crippen molar-refractivity contribution in [1.29, 1.82) is 0 Å². The van der Waals surface area contributed by atoms with Gasteiger partial charge in [0.15, 0.2) is 0 Å². The Kier molecular flexibility index (Phi) is 5.33. The molecule has 1 fully saturated rings. The number of nitrogens with zero attached hydrogens (tertiary/aromatic N) is 1. The molecule has 2 amide bonds. The van der Waals surface area contributed by atoms with E-state index >= 15 is 0 Å². The highest BCUT2D eigenvalue weighted by Crippen LogP contribution is 2.32. The zero-order valence-corrected chi connectivity index (χ0v) is 14.2. The van der Waals surface area contributed by atoms with E-state index in [2.05, 4.69) is 15.5 Å². The van der Waals surface area contributed by atoms with Crippen LogP contribution in [0.2, 0.25) is 0 Å². The first-order chi connectivity index (χ1) is 12.1. The number of amides is 2. The molecule has 2 heterocycles. The number of likely N-dealkylation sites (tertiary alicyclic amines) is 1. The maximum absolute atomic E-state index is 13.2. The van der Waals surface area contributed by atoms with Crippen LogP contribution in [0.3, 0.4) is 0 Å². The van der Waals surface area contributed by atoms with Crippen molar-refractivity contribution < 1.29 is 18.7 Å². The zero-order chi connectivity index (χ0) is 17.8. The Hall–Kier alpha value is -2.41. The third kappa shape index (κ3) is 3.99. The van der Waals surface area contributed by atoms with Gasteiger partial charge in [-0.15, -0.1) is 0 Å². The minimum absolute atomic E-state index is 0.142. The first kappa shape index (κ1) is 17.4. The molecule has 2 aliphatic rings. The first-order valence-electron chi connectivity index (χ1n) is 8.52. The third-order valence-corrected chi connectivity index (χ3v) is 4.56. The lowest BCUT2D eigenvalue weighted by Crippen LogP contribution is -2.46. The molecule has 1 aromatic rings. The maximum Gasteiger partial charge on any atom is 0.337 e. The normalized spacial score (nSPS) is 21.0. The molecule has 2 aliphatic heterocycles. The quantitative estimate of drug-likeness (QED) is 0.800. The van der Waals surface area contributed by atoms with E-state index in [1.165, 1.54) is 12.1 Å². The minimum atomic E-state index is -0.414. The van der Waals surface area contributed by atoms with E-state index in [0.717, 1.165) is 24.9 Å². The molecule has 7 heteroatoms. The Morgan fingerprint density at radius 1 is 1.36 bits per heavy atom. The maximum atomic E-state index is 13.2. The molecule has 0 bridgehead atoms. The molecule has 1 atom stereocenters. The predicted molar refractivity (Wildman–Crippen MR) is 90.1 cm³/mol. The second-order valence-corrected chi connectivity index (χ2v) is 6.17. The van der Waals surface area contributed by atoms with Crippen molar-refractivity contribution in [3.63, 3.8) is 0 Å². The number of esters is 1. The van der Waals surface area contributed by atoms with Crippen molar-refractivity contribution in [3.05, 3.63) is 46.9 Å². The summed E-state index contributed by atoms with van der Waals surface area (Å²) in [6, 6.07) is 6.33. The van der Waals surface area contributed by atoms with Crippen molar-refractivity contribution >= 4 is 12.0 Å². The van der Waals surface area contributed by atoms with Crippen LogP contribution in [0.15, 0.2) is 35.5 Å². The summed E-state index contributed by atoms with van der Waals surface area (Å²) in [5, 5.41) is 5.35. The number of hydrogen-bond donors (Lipinski definition) is 2. The van der Waals surface area contributed by atoms with Crippen molar-refractivity contribution in [3.8, 4) is 0 Å². The molecule has 3 rings (SSSR count). The van der Waals surface area contributed by atoms with Crippen LogP contribution in [0.25, 0.3) is 0 Å². The summed E-state index contributed by atoms with van der Waals surface area (Å²) < 4.78 is 18.3. The van der Waals surface area contributed by atoms with Crippen LogP contribution < -0.4 is 10.6 Å². The van der Waals surface area contributed by atoms with Gasteiger partial charge in [0.2, 0.25) is 0 Å². The fraction of sp³-hybridized carbons (Fsp3) is 0.444. The molecule has 0 aromatic heterocycles. The van der Waals surface area contributed by atoms with Crippen molar-refractivity contribution in [2.75, 3.05) is 26.2 Å². The number of nitrogens with one attached hydrogen (secondary N) is 2. The number of benzene rings is 1. The number of urea groups is 1. The number of carbonyl (C=O) groups excluding carboxylic acids is 2. The van der Waals surface area contributed by atoms with Crippen molar-refractivity contribution in [2.45, 2.75) is 25.8 Å². The lowest BCUT2D eigenvalue weighted by Gasteiger charge is -2.29. The van der Waals surface area contributed by atoms with Gasteiger partial charge in [-0.25, -0.2) is 14.0 Å². The molecular weight excluding hydrogens is 325 g/mol. The molecule has 1 saturated heterocycles. The van der Waals surface area contributed by atoms with Crippen molar-refractivity contribution in [1.82, 2.24) is 15.5 Å². The highest BCUT2D eigenvalue weighted by molar-refractivity contribution is 5.93. The molecule has 0 radical (unpaired) electrons. The van der Waals surface area contributed by atoms with E-state index in [4.69, 9.17) is 4.74 Å². The summed E-state index contributed by atoms with van der Waals surface area (Å²) in [5.74, 6) is -0.672. The fourth-order valence-corrected chi connectivity index (χ4v) is 3.36.